The summed E-state index contributed by atoms with van der Waals surface area (Å²) >= 11 is 0. The van der Waals surface area contributed by atoms with Gasteiger partial charge in [0.25, 0.3) is 0 Å². The fourth-order valence-corrected chi connectivity index (χ4v) is 4.99. The van der Waals surface area contributed by atoms with E-state index in [0.29, 0.717) is 17.5 Å². The minimum Gasteiger partial charge on any atom is -0.463 e. The number of carbonyl (C=O) groups is 3. The van der Waals surface area contributed by atoms with Crippen molar-refractivity contribution in [1.82, 2.24) is 0 Å². The maximum Gasteiger partial charge on any atom is 0.339 e. The molecule has 0 spiro atoms. The fraction of sp³-hybridized carbons (Fsp3) is 0.276. The first kappa shape index (κ1) is 23.8. The lowest BCUT2D eigenvalue weighted by molar-refractivity contribution is -0.156. The summed E-state index contributed by atoms with van der Waals surface area (Å²) in [5.41, 5.74) is 2.85. The molecule has 3 aromatic rings. The van der Waals surface area contributed by atoms with Crippen LogP contribution in [-0.4, -0.2) is 41.8 Å². The lowest BCUT2D eigenvalue weighted by atomic mass is 9.93. The summed E-state index contributed by atoms with van der Waals surface area (Å²) in [4.78, 5) is 37.3. The van der Waals surface area contributed by atoms with E-state index in [0.717, 1.165) is 11.1 Å². The Bertz CT molecular complexity index is 1220. The van der Waals surface area contributed by atoms with Gasteiger partial charge in [-0.25, -0.2) is 9.59 Å². The molecule has 184 valence electrons. The third-order valence-corrected chi connectivity index (χ3v) is 6.90. The quantitative estimate of drug-likeness (QED) is 0.396. The van der Waals surface area contributed by atoms with Gasteiger partial charge in [0.05, 0.1) is 18.6 Å². The topological polar surface area (TPSA) is 99.1 Å². The normalized spacial score (nSPS) is 23.4. The first-order valence-electron chi connectivity index (χ1n) is 11.9. The van der Waals surface area contributed by atoms with Gasteiger partial charge in [0.1, 0.15) is 12.2 Å². The summed E-state index contributed by atoms with van der Waals surface area (Å²) < 4.78 is 16.6. The van der Waals surface area contributed by atoms with Crippen LogP contribution in [0.2, 0.25) is 0 Å². The molecule has 0 unspecified atom stereocenters. The number of hydrogen-bond donors (Lipinski definition) is 1. The predicted octanol–water partition coefficient (Wildman–Crippen LogP) is 4.11. The molecule has 1 saturated heterocycles. The molecular weight excluding hydrogens is 460 g/mol. The van der Waals surface area contributed by atoms with Crippen molar-refractivity contribution in [2.45, 2.75) is 31.2 Å². The van der Waals surface area contributed by atoms with Gasteiger partial charge in [-0.05, 0) is 28.8 Å². The number of aliphatic hydroxyl groups excluding tert-OH is 1. The van der Waals surface area contributed by atoms with Crippen LogP contribution in [-0.2, 0) is 23.8 Å². The molecule has 3 aromatic carbocycles. The zero-order chi connectivity index (χ0) is 25.1. The Hall–Kier alpha value is -3.97. The average Bonchev–Trinajstić information content (AvgIpc) is 3.43. The van der Waals surface area contributed by atoms with Crippen molar-refractivity contribution in [2.75, 3.05) is 6.61 Å². The van der Waals surface area contributed by atoms with Gasteiger partial charge in [0.2, 0.25) is 0 Å². The number of fused-ring (bicyclic) bond motifs is 1. The van der Waals surface area contributed by atoms with Crippen molar-refractivity contribution < 1.29 is 33.7 Å². The highest BCUT2D eigenvalue weighted by molar-refractivity contribution is 5.90. The molecule has 2 fully saturated rings. The largest absolute Gasteiger partial charge is 0.463 e. The lowest BCUT2D eigenvalue weighted by Gasteiger charge is -2.23. The SMILES string of the molecule is O=C1C[C@H]2[C@@H](COC(=O)[C@H](O)c3ccccc3)[C@@H](OC(=O)c3ccc(-c4ccccc4)cc3)C[C@@H]2O1. The highest BCUT2D eigenvalue weighted by Gasteiger charge is 2.52. The van der Waals surface area contributed by atoms with E-state index in [4.69, 9.17) is 14.2 Å². The first-order valence-corrected chi connectivity index (χ1v) is 11.9. The minimum atomic E-state index is -1.42. The van der Waals surface area contributed by atoms with Gasteiger partial charge >= 0.3 is 17.9 Å². The first-order chi connectivity index (χ1) is 17.5. The van der Waals surface area contributed by atoms with Crippen LogP contribution in [0.4, 0.5) is 0 Å². The third kappa shape index (κ3) is 5.02. The van der Waals surface area contributed by atoms with Gasteiger partial charge in [-0.15, -0.1) is 0 Å². The number of carbonyl (C=O) groups excluding carboxylic acids is 3. The van der Waals surface area contributed by atoms with Crippen LogP contribution in [0.15, 0.2) is 84.9 Å². The Kier molecular flexibility index (Phi) is 6.82. The molecule has 0 bridgehead atoms. The summed E-state index contributed by atoms with van der Waals surface area (Å²) in [7, 11) is 0. The van der Waals surface area contributed by atoms with Crippen LogP contribution in [0.25, 0.3) is 11.1 Å². The molecule has 7 heteroatoms. The maximum atomic E-state index is 12.9. The summed E-state index contributed by atoms with van der Waals surface area (Å²) in [6.45, 7) is -0.0918. The van der Waals surface area contributed by atoms with E-state index in [-0.39, 0.29) is 24.9 Å². The number of rotatable bonds is 7. The van der Waals surface area contributed by atoms with Gasteiger partial charge in [-0.3, -0.25) is 4.79 Å². The molecule has 36 heavy (non-hydrogen) atoms. The van der Waals surface area contributed by atoms with Crippen LogP contribution in [0.5, 0.6) is 0 Å². The van der Waals surface area contributed by atoms with Crippen LogP contribution in [0.1, 0.15) is 34.9 Å². The monoisotopic (exact) mass is 486 g/mol. The van der Waals surface area contributed by atoms with E-state index in [2.05, 4.69) is 0 Å². The Morgan fingerprint density at radius 1 is 0.917 bits per heavy atom. The second-order valence-electron chi connectivity index (χ2n) is 9.13. The fourth-order valence-electron chi connectivity index (χ4n) is 4.99. The molecule has 1 heterocycles. The van der Waals surface area contributed by atoms with Gasteiger partial charge in [-0.2, -0.15) is 0 Å². The number of esters is 3. The molecule has 1 aliphatic carbocycles. The van der Waals surface area contributed by atoms with E-state index in [1.807, 2.05) is 42.5 Å². The van der Waals surface area contributed by atoms with Gasteiger partial charge in [0.15, 0.2) is 6.10 Å². The zero-order valence-corrected chi connectivity index (χ0v) is 19.5. The van der Waals surface area contributed by atoms with E-state index >= 15 is 0 Å². The Morgan fingerprint density at radius 2 is 1.56 bits per heavy atom. The van der Waals surface area contributed by atoms with Crippen molar-refractivity contribution in [3.05, 3.63) is 96.1 Å². The Labute approximate surface area is 208 Å². The second kappa shape index (κ2) is 10.3. The van der Waals surface area contributed by atoms with Crippen molar-refractivity contribution in [3.8, 4) is 11.1 Å². The summed E-state index contributed by atoms with van der Waals surface area (Å²) in [5, 5.41) is 10.3. The van der Waals surface area contributed by atoms with Gasteiger partial charge in [-0.1, -0.05) is 72.8 Å². The maximum absolute atomic E-state index is 12.9. The van der Waals surface area contributed by atoms with Crippen molar-refractivity contribution in [3.63, 3.8) is 0 Å². The zero-order valence-electron chi connectivity index (χ0n) is 19.5. The van der Waals surface area contributed by atoms with Crippen LogP contribution < -0.4 is 0 Å². The number of hydrogen-bond acceptors (Lipinski definition) is 7. The molecule has 0 amide bonds. The van der Waals surface area contributed by atoms with Crippen molar-refractivity contribution in [1.29, 1.82) is 0 Å². The molecule has 1 saturated carbocycles. The molecule has 1 N–H and O–H groups in total. The molecule has 5 atom stereocenters. The smallest absolute Gasteiger partial charge is 0.339 e. The Balaban J connectivity index is 1.25. The summed E-state index contributed by atoms with van der Waals surface area (Å²) in [6.07, 6.45) is -1.88. The molecule has 7 nitrogen and oxygen atoms in total. The average molecular weight is 487 g/mol. The van der Waals surface area contributed by atoms with E-state index < -0.39 is 36.2 Å². The minimum absolute atomic E-state index is 0.0918. The van der Waals surface area contributed by atoms with E-state index in [1.54, 1.807) is 42.5 Å². The number of aliphatic hydroxyl groups is 1. The highest BCUT2D eigenvalue weighted by atomic mass is 16.6. The lowest BCUT2D eigenvalue weighted by Crippen LogP contribution is -2.31. The van der Waals surface area contributed by atoms with Crippen LogP contribution >= 0.6 is 0 Å². The molecule has 0 aromatic heterocycles. The molecule has 2 aliphatic rings. The van der Waals surface area contributed by atoms with Crippen molar-refractivity contribution in [2.24, 2.45) is 11.8 Å². The number of benzene rings is 3. The summed E-state index contributed by atoms with van der Waals surface area (Å²) in [5.74, 6) is -2.24. The van der Waals surface area contributed by atoms with Crippen LogP contribution in [0.3, 0.4) is 0 Å². The molecule has 1 aliphatic heterocycles. The molecule has 5 rings (SSSR count). The third-order valence-electron chi connectivity index (χ3n) is 6.90. The second-order valence-corrected chi connectivity index (χ2v) is 9.13. The van der Waals surface area contributed by atoms with Crippen LogP contribution in [0, 0.1) is 11.8 Å². The van der Waals surface area contributed by atoms with Gasteiger partial charge in [0, 0.05) is 18.3 Å². The van der Waals surface area contributed by atoms with Crippen molar-refractivity contribution >= 4 is 17.9 Å². The summed E-state index contributed by atoms with van der Waals surface area (Å²) in [6, 6.07) is 25.5. The standard InChI is InChI=1S/C29H26O7/c30-26-15-22-23(17-34-29(33)27(31)20-9-5-2-6-10-20)25(16-24(22)35-26)36-28(32)21-13-11-19(12-14-21)18-7-3-1-4-8-18/h1-14,22-25,27,31H,15-17H2/t22-,23+,24-,25-,27+/m0/s1. The highest BCUT2D eigenvalue weighted by Crippen LogP contribution is 2.43. The molecule has 0 radical (unpaired) electrons. The van der Waals surface area contributed by atoms with E-state index in [1.165, 1.54) is 0 Å². The van der Waals surface area contributed by atoms with Gasteiger partial charge < -0.3 is 19.3 Å². The number of ether oxygens (including phenoxy) is 3. The molecular formula is C29H26O7. The predicted molar refractivity (Wildman–Crippen MR) is 130 cm³/mol. The van der Waals surface area contributed by atoms with E-state index in [9.17, 15) is 19.5 Å². The Morgan fingerprint density at radius 3 is 2.25 bits per heavy atom.